The van der Waals surface area contributed by atoms with Crippen molar-refractivity contribution < 1.29 is 15.0 Å². The molecule has 0 unspecified atom stereocenters. The molecule has 7 heteroatoms. The van der Waals surface area contributed by atoms with Gasteiger partial charge < -0.3 is 0 Å². The zero-order valence-corrected chi connectivity index (χ0v) is 12.9. The van der Waals surface area contributed by atoms with Crippen LogP contribution in [-0.4, -0.2) is 0 Å². The second-order valence-corrected chi connectivity index (χ2v) is 129. The fourth-order valence-corrected chi connectivity index (χ4v) is 0. The summed E-state index contributed by atoms with van der Waals surface area (Å²) >= 11 is -4.54. The Morgan fingerprint density at radius 1 is 0.857 bits per heavy atom. The first kappa shape index (κ1) is 10.7. The van der Waals surface area contributed by atoms with Gasteiger partial charge in [-0.3, -0.25) is 0 Å². The molecule has 0 atom stereocenters. The number of hydrogen-bond acceptors (Lipinski definition) is 0. The molecule has 0 aromatic carbocycles. The monoisotopic (exact) mass is 482 g/mol. The van der Waals surface area contributed by atoms with Gasteiger partial charge in [0, 0.05) is 0 Å². The standard InChI is InChI=1S/3BrH.Ce.3ClH/h3*1H;;3*1H/q;;;+6;;;/p-6. The van der Waals surface area contributed by atoms with Gasteiger partial charge in [-0.15, -0.1) is 0 Å². The van der Waals surface area contributed by atoms with Crippen LogP contribution in [0.25, 0.3) is 0 Å². The molecule has 0 saturated carbocycles. The average molecular weight is 486 g/mol. The first-order valence-electron chi connectivity index (χ1n) is 1.13. The van der Waals surface area contributed by atoms with Crippen molar-refractivity contribution in [2.75, 3.05) is 0 Å². The Bertz CT molecular complexity index is 68.7. The molecule has 0 N–H and O–H groups in total. The van der Waals surface area contributed by atoms with E-state index < -0.39 is 15.0 Å². The molecule has 0 heterocycles. The van der Waals surface area contributed by atoms with Gasteiger partial charge in [0.2, 0.25) is 0 Å². The molecule has 0 aromatic heterocycles. The third kappa shape index (κ3) is 42.1. The van der Waals surface area contributed by atoms with E-state index in [0.717, 1.165) is 0 Å². The molecule has 0 amide bonds. The van der Waals surface area contributed by atoms with E-state index in [9.17, 15) is 0 Å². The van der Waals surface area contributed by atoms with Gasteiger partial charge in [-0.1, -0.05) is 0 Å². The first-order chi connectivity index (χ1) is 2.45. The molecule has 7 heavy (non-hydrogen) atoms. The van der Waals surface area contributed by atoms with Gasteiger partial charge in [-0.25, -0.2) is 0 Å². The van der Waals surface area contributed by atoms with Crippen LogP contribution in [0.5, 0.6) is 0 Å². The Labute approximate surface area is 55.6 Å². The molecule has 0 aliphatic heterocycles. The third-order valence-electron chi connectivity index (χ3n) is 0. The van der Waals surface area contributed by atoms with E-state index in [1.54, 1.807) is 0 Å². The Morgan fingerprint density at radius 2 is 0.857 bits per heavy atom. The van der Waals surface area contributed by atoms with Gasteiger partial charge in [0.25, 0.3) is 0 Å². The summed E-state index contributed by atoms with van der Waals surface area (Å²) in [5, 5.41) is 0. The fraction of sp³-hybridized carbons (Fsp3) is 0. The van der Waals surface area contributed by atoms with Crippen LogP contribution in [0.15, 0.2) is 0 Å². The van der Waals surface area contributed by atoms with E-state index >= 15 is 0 Å². The molecule has 0 fully saturated rings. The van der Waals surface area contributed by atoms with Gasteiger partial charge >= 0.3 is 58.3 Å². The quantitative estimate of drug-likeness (QED) is 0.470. The maximum atomic E-state index is 5.53. The second kappa shape index (κ2) is 2.09. The van der Waals surface area contributed by atoms with E-state index in [1.165, 1.54) is 0 Å². The van der Waals surface area contributed by atoms with Gasteiger partial charge in [0.15, 0.2) is 0 Å². The van der Waals surface area contributed by atoms with Crippen molar-refractivity contribution in [2.45, 2.75) is 0 Å². The molecule has 46 valence electrons. The van der Waals surface area contributed by atoms with Crippen LogP contribution in [-0.2, 0) is 0 Å². The van der Waals surface area contributed by atoms with Crippen molar-refractivity contribution in [3.05, 3.63) is 0 Å². The van der Waals surface area contributed by atoms with E-state index in [0.29, 0.717) is 0 Å². The molecule has 0 radical (unpaired) electrons. The van der Waals surface area contributed by atoms with Crippen molar-refractivity contribution in [1.29, 1.82) is 0 Å². The normalized spacial score (nSPS) is 23.1. The molecule has 0 bridgehead atoms. The third-order valence-corrected chi connectivity index (χ3v) is 0. The molecule has 0 nitrogen and oxygen atoms in total. The Balaban J connectivity index is 4.43. The zero-order chi connectivity index (χ0) is 6.41. The minimum atomic E-state index is -4.54. The summed E-state index contributed by atoms with van der Waals surface area (Å²) in [7, 11) is 8.77. The number of rotatable bonds is 0. The molecule has 0 saturated heterocycles. The van der Waals surface area contributed by atoms with Crippen molar-refractivity contribution in [2.24, 2.45) is 0 Å². The molecular formula is Br3CeCl3. The summed E-state index contributed by atoms with van der Waals surface area (Å²) in [6.07, 6.45) is 0. The Morgan fingerprint density at radius 3 is 0.857 bits per heavy atom. The maximum absolute atomic E-state index is 5.53. The van der Waals surface area contributed by atoms with Crippen molar-refractivity contribution >= 4 is 43.3 Å². The van der Waals surface area contributed by atoms with E-state index in [1.807, 2.05) is 0 Å². The van der Waals surface area contributed by atoms with Gasteiger partial charge in [0.1, 0.15) is 0 Å². The van der Waals surface area contributed by atoms with Crippen LogP contribution >= 0.6 is 43.3 Å². The Hall–Kier alpha value is 3.69. The summed E-state index contributed by atoms with van der Waals surface area (Å²) in [4.78, 5) is 0. The van der Waals surface area contributed by atoms with Crippen LogP contribution in [0.2, 0.25) is 0 Å². The molecular weight excluding hydrogens is 486 g/mol. The average Bonchev–Trinajstić information content (AvgIpc) is 0.592. The molecule has 0 aliphatic rings. The summed E-state index contributed by atoms with van der Waals surface area (Å²) in [5.41, 5.74) is 16.6. The summed E-state index contributed by atoms with van der Waals surface area (Å²) in [6.45, 7) is 0. The van der Waals surface area contributed by atoms with Crippen molar-refractivity contribution in [1.82, 2.24) is 0 Å². The van der Waals surface area contributed by atoms with E-state index in [2.05, 4.69) is 26.4 Å². The Kier molecular flexibility index (Phi) is 3.20. The fourth-order valence-electron chi connectivity index (χ4n) is 0. The van der Waals surface area contributed by atoms with Crippen molar-refractivity contribution in [3.63, 3.8) is 0 Å². The molecule has 0 aliphatic carbocycles. The molecule has 0 aromatic rings. The van der Waals surface area contributed by atoms with Gasteiger partial charge in [-0.05, 0) is 0 Å². The van der Waals surface area contributed by atoms with Gasteiger partial charge in [-0.2, -0.15) is 0 Å². The molecule has 0 spiro atoms. The van der Waals surface area contributed by atoms with Gasteiger partial charge in [0.05, 0.1) is 0 Å². The molecule has 0 rings (SSSR count). The summed E-state index contributed by atoms with van der Waals surface area (Å²) < 4.78 is 0. The van der Waals surface area contributed by atoms with E-state index in [4.69, 9.17) is 16.9 Å². The van der Waals surface area contributed by atoms with Crippen LogP contribution < -0.4 is 0 Å². The second-order valence-electron chi connectivity index (χ2n) is 1.07. The zero-order valence-electron chi connectivity index (χ0n) is 2.77. The minimum absolute atomic E-state index is 2.92. The van der Waals surface area contributed by atoms with Crippen LogP contribution in [0, 0.1) is 15.0 Å². The predicted molar refractivity (Wildman–Crippen MR) is 44.3 cm³/mol. The number of halogens is 6. The topological polar surface area (TPSA) is 0 Å². The summed E-state index contributed by atoms with van der Waals surface area (Å²) in [5.74, 6) is 0. The van der Waals surface area contributed by atoms with Crippen LogP contribution in [0.1, 0.15) is 0 Å². The number of hydrogen-bond donors (Lipinski definition) is 0. The SMILES string of the molecule is [Cl][Ce]([Cl])([Cl])([Br])([Br])[Br]. The van der Waals surface area contributed by atoms with Crippen LogP contribution in [0.4, 0.5) is 0 Å². The first-order valence-corrected chi connectivity index (χ1v) is 33.8. The summed E-state index contributed by atoms with van der Waals surface area (Å²) in [6, 6.07) is 0. The van der Waals surface area contributed by atoms with E-state index in [-0.39, 0.29) is 0 Å². The predicted octanol–water partition coefficient (Wildman–Crippen LogP) is 4.61. The van der Waals surface area contributed by atoms with Crippen LogP contribution in [0.3, 0.4) is 0 Å². The van der Waals surface area contributed by atoms with Crippen molar-refractivity contribution in [3.8, 4) is 0 Å².